The molecule has 8 heteroatoms. The van der Waals surface area contributed by atoms with Gasteiger partial charge in [0.25, 0.3) is 0 Å². The number of carboxylic acid groups (broad SMARTS) is 1. The Labute approximate surface area is 204 Å². The minimum Gasteiger partial charge on any atom is -0.480 e. The van der Waals surface area contributed by atoms with Gasteiger partial charge < -0.3 is 20.2 Å². The van der Waals surface area contributed by atoms with Crippen LogP contribution in [-0.2, 0) is 27.3 Å². The first kappa shape index (κ1) is 25.2. The van der Waals surface area contributed by atoms with Gasteiger partial charge in [0.1, 0.15) is 6.04 Å². The topological polar surface area (TPSA) is 103 Å². The molecule has 2 amide bonds. The first-order valence-corrected chi connectivity index (χ1v) is 11.0. The SMILES string of the molecule is CN(C)C(=O)/C=C\N(C=O)Cc1cccc(CC(Nc2ccc(-c3ccccc3)nc2)C(=O)O)c1. The van der Waals surface area contributed by atoms with Crippen LogP contribution in [0.25, 0.3) is 11.3 Å². The molecule has 2 aromatic carbocycles. The van der Waals surface area contributed by atoms with E-state index in [1.54, 1.807) is 20.3 Å². The van der Waals surface area contributed by atoms with Gasteiger partial charge in [-0.25, -0.2) is 4.79 Å². The second-order valence-corrected chi connectivity index (χ2v) is 8.18. The second kappa shape index (κ2) is 12.1. The van der Waals surface area contributed by atoms with Gasteiger partial charge in [-0.05, 0) is 23.3 Å². The Morgan fingerprint density at radius 2 is 1.77 bits per heavy atom. The molecule has 0 saturated carbocycles. The molecule has 0 bridgehead atoms. The van der Waals surface area contributed by atoms with Gasteiger partial charge in [0.15, 0.2) is 0 Å². The van der Waals surface area contributed by atoms with E-state index in [4.69, 9.17) is 0 Å². The summed E-state index contributed by atoms with van der Waals surface area (Å²) in [5, 5.41) is 12.8. The van der Waals surface area contributed by atoms with E-state index in [-0.39, 0.29) is 18.9 Å². The van der Waals surface area contributed by atoms with Gasteiger partial charge in [-0.1, -0.05) is 54.6 Å². The number of aromatic nitrogens is 1. The summed E-state index contributed by atoms with van der Waals surface area (Å²) >= 11 is 0. The lowest BCUT2D eigenvalue weighted by Crippen LogP contribution is -2.31. The summed E-state index contributed by atoms with van der Waals surface area (Å²) in [7, 11) is 3.25. The number of carbonyl (C=O) groups excluding carboxylic acids is 2. The number of benzene rings is 2. The Hall–Kier alpha value is -4.46. The van der Waals surface area contributed by atoms with E-state index < -0.39 is 12.0 Å². The molecule has 0 spiro atoms. The second-order valence-electron chi connectivity index (χ2n) is 8.18. The first-order valence-electron chi connectivity index (χ1n) is 11.0. The molecular weight excluding hydrogens is 444 g/mol. The van der Waals surface area contributed by atoms with Crippen LogP contribution in [-0.4, -0.2) is 58.3 Å². The minimum absolute atomic E-state index is 0.229. The van der Waals surface area contributed by atoms with Crippen molar-refractivity contribution in [1.29, 1.82) is 0 Å². The number of hydrogen-bond donors (Lipinski definition) is 2. The zero-order valence-corrected chi connectivity index (χ0v) is 19.7. The largest absolute Gasteiger partial charge is 0.480 e. The summed E-state index contributed by atoms with van der Waals surface area (Å²) < 4.78 is 0. The molecule has 0 fully saturated rings. The van der Waals surface area contributed by atoms with E-state index in [0.717, 1.165) is 22.4 Å². The Morgan fingerprint density at radius 1 is 1.03 bits per heavy atom. The fraction of sp³-hybridized carbons (Fsp3) is 0.185. The molecule has 3 aromatic rings. The third kappa shape index (κ3) is 7.53. The lowest BCUT2D eigenvalue weighted by molar-refractivity contribution is -0.137. The lowest BCUT2D eigenvalue weighted by Gasteiger charge is -2.17. The molecule has 8 nitrogen and oxygen atoms in total. The monoisotopic (exact) mass is 472 g/mol. The van der Waals surface area contributed by atoms with Crippen molar-refractivity contribution in [3.05, 3.63) is 96.3 Å². The Balaban J connectivity index is 1.67. The van der Waals surface area contributed by atoms with E-state index in [2.05, 4.69) is 10.3 Å². The van der Waals surface area contributed by atoms with Gasteiger partial charge in [0.2, 0.25) is 12.3 Å². The summed E-state index contributed by atoms with van der Waals surface area (Å²) in [6, 6.07) is 19.9. The molecule has 180 valence electrons. The van der Waals surface area contributed by atoms with E-state index in [9.17, 15) is 19.5 Å². The van der Waals surface area contributed by atoms with Crippen molar-refractivity contribution in [2.75, 3.05) is 19.4 Å². The number of aliphatic carboxylic acids is 1. The molecule has 1 atom stereocenters. The van der Waals surface area contributed by atoms with Gasteiger partial charge in [-0.15, -0.1) is 0 Å². The maximum absolute atomic E-state index is 11.9. The van der Waals surface area contributed by atoms with Crippen LogP contribution >= 0.6 is 0 Å². The molecule has 2 N–H and O–H groups in total. The predicted molar refractivity (Wildman–Crippen MR) is 134 cm³/mol. The molecule has 3 rings (SSSR count). The molecule has 0 aliphatic carbocycles. The number of nitrogens with one attached hydrogen (secondary N) is 1. The highest BCUT2D eigenvalue weighted by atomic mass is 16.4. The minimum atomic E-state index is -0.984. The van der Waals surface area contributed by atoms with Crippen LogP contribution in [0.2, 0.25) is 0 Å². The van der Waals surface area contributed by atoms with E-state index in [1.807, 2.05) is 66.7 Å². The summed E-state index contributed by atoms with van der Waals surface area (Å²) in [5.41, 5.74) is 4.01. The van der Waals surface area contributed by atoms with Crippen LogP contribution in [0.1, 0.15) is 11.1 Å². The van der Waals surface area contributed by atoms with Crippen LogP contribution in [0, 0.1) is 0 Å². The van der Waals surface area contributed by atoms with Gasteiger partial charge in [-0.2, -0.15) is 0 Å². The maximum atomic E-state index is 11.9. The Kier molecular flexibility index (Phi) is 8.72. The standard InChI is InChI=1S/C27H28N4O4/c1-30(2)26(33)13-14-31(19-32)18-21-8-6-7-20(15-21)16-25(27(34)35)29-23-11-12-24(28-17-23)22-9-4-3-5-10-22/h3-15,17,19,25,29H,16,18H2,1-2H3,(H,34,35)/b14-13-. The van der Waals surface area contributed by atoms with Gasteiger partial charge in [0, 0.05) is 44.9 Å². The zero-order valence-electron chi connectivity index (χ0n) is 19.7. The summed E-state index contributed by atoms with van der Waals surface area (Å²) in [6.07, 6.45) is 5.24. The average molecular weight is 473 g/mol. The lowest BCUT2D eigenvalue weighted by atomic mass is 10.0. The van der Waals surface area contributed by atoms with Crippen molar-refractivity contribution in [2.24, 2.45) is 0 Å². The van der Waals surface area contributed by atoms with Crippen molar-refractivity contribution < 1.29 is 19.5 Å². The van der Waals surface area contributed by atoms with Crippen LogP contribution in [0.15, 0.2) is 85.2 Å². The molecule has 0 aliphatic rings. The summed E-state index contributed by atoms with van der Waals surface area (Å²) in [5.74, 6) is -1.21. The molecule has 1 heterocycles. The quantitative estimate of drug-likeness (QED) is 0.328. The number of amides is 2. The molecule has 35 heavy (non-hydrogen) atoms. The highest BCUT2D eigenvalue weighted by molar-refractivity contribution is 5.87. The van der Waals surface area contributed by atoms with Crippen LogP contribution < -0.4 is 5.32 Å². The Bertz CT molecular complexity index is 1180. The van der Waals surface area contributed by atoms with Crippen LogP contribution in [0.5, 0.6) is 0 Å². The smallest absolute Gasteiger partial charge is 0.326 e. The highest BCUT2D eigenvalue weighted by Crippen LogP contribution is 2.19. The molecule has 1 unspecified atom stereocenters. The summed E-state index contributed by atoms with van der Waals surface area (Å²) in [4.78, 5) is 42.3. The predicted octanol–water partition coefficient (Wildman–Crippen LogP) is 3.42. The molecule has 0 aliphatic heterocycles. The zero-order chi connectivity index (χ0) is 25.2. The molecule has 1 aromatic heterocycles. The van der Waals surface area contributed by atoms with Gasteiger partial charge in [-0.3, -0.25) is 14.6 Å². The number of hydrogen-bond acceptors (Lipinski definition) is 5. The van der Waals surface area contributed by atoms with E-state index in [0.29, 0.717) is 12.1 Å². The van der Waals surface area contributed by atoms with Crippen molar-refractivity contribution in [3.63, 3.8) is 0 Å². The normalized spacial score (nSPS) is 11.6. The first-order chi connectivity index (χ1) is 16.9. The molecule has 0 saturated heterocycles. The fourth-order valence-corrected chi connectivity index (χ4v) is 3.40. The fourth-order valence-electron chi connectivity index (χ4n) is 3.40. The number of rotatable bonds is 11. The molecular formula is C27H28N4O4. The molecule has 0 radical (unpaired) electrons. The van der Waals surface area contributed by atoms with Gasteiger partial charge >= 0.3 is 5.97 Å². The number of pyridine rings is 1. The van der Waals surface area contributed by atoms with E-state index >= 15 is 0 Å². The number of likely N-dealkylation sites (N-methyl/N-ethyl adjacent to an activating group) is 1. The van der Waals surface area contributed by atoms with Gasteiger partial charge in [0.05, 0.1) is 17.6 Å². The Morgan fingerprint density at radius 3 is 2.40 bits per heavy atom. The number of carboxylic acids is 1. The summed E-state index contributed by atoms with van der Waals surface area (Å²) in [6.45, 7) is 0.255. The number of anilines is 1. The maximum Gasteiger partial charge on any atom is 0.326 e. The van der Waals surface area contributed by atoms with Crippen molar-refractivity contribution in [2.45, 2.75) is 19.0 Å². The van der Waals surface area contributed by atoms with Crippen LogP contribution in [0.3, 0.4) is 0 Å². The average Bonchev–Trinajstić information content (AvgIpc) is 2.87. The number of carbonyl (C=O) groups is 3. The third-order valence-corrected chi connectivity index (χ3v) is 5.25. The third-order valence-electron chi connectivity index (χ3n) is 5.25. The highest BCUT2D eigenvalue weighted by Gasteiger charge is 2.18. The number of nitrogens with zero attached hydrogens (tertiary/aromatic N) is 3. The van der Waals surface area contributed by atoms with Crippen LogP contribution in [0.4, 0.5) is 5.69 Å². The van der Waals surface area contributed by atoms with E-state index in [1.165, 1.54) is 22.1 Å². The van der Waals surface area contributed by atoms with Crippen molar-refractivity contribution in [1.82, 2.24) is 14.8 Å². The van der Waals surface area contributed by atoms with Crippen molar-refractivity contribution in [3.8, 4) is 11.3 Å². The van der Waals surface area contributed by atoms with Crippen molar-refractivity contribution >= 4 is 24.0 Å².